The minimum atomic E-state index is 0.363. The molecule has 1 aliphatic carbocycles. The van der Waals surface area contributed by atoms with Crippen LogP contribution in [0.15, 0.2) is 73.1 Å². The fraction of sp³-hybridized carbons (Fsp3) is 0.364. The highest BCUT2D eigenvalue weighted by atomic mass is 16.5. The Labute approximate surface area is 241 Å². The summed E-state index contributed by atoms with van der Waals surface area (Å²) in [4.78, 5) is 23.1. The Hall–Kier alpha value is -3.85. The predicted octanol–water partition coefficient (Wildman–Crippen LogP) is 5.21. The summed E-state index contributed by atoms with van der Waals surface area (Å²) in [5.41, 5.74) is 12.2. The minimum Gasteiger partial charge on any atom is -0.383 e. The maximum atomic E-state index is 6.40. The number of aromatic amines is 1. The monoisotopic (exact) mass is 549 g/mol. The number of benzene rings is 2. The van der Waals surface area contributed by atoms with E-state index in [0.29, 0.717) is 17.8 Å². The van der Waals surface area contributed by atoms with Gasteiger partial charge in [-0.15, -0.1) is 0 Å². The van der Waals surface area contributed by atoms with Gasteiger partial charge in [0.1, 0.15) is 11.6 Å². The van der Waals surface area contributed by atoms with Gasteiger partial charge in [-0.1, -0.05) is 48.5 Å². The van der Waals surface area contributed by atoms with Crippen LogP contribution in [0.1, 0.15) is 30.1 Å². The van der Waals surface area contributed by atoms with Crippen LogP contribution in [0.2, 0.25) is 0 Å². The first-order valence-electron chi connectivity index (χ1n) is 14.6. The van der Waals surface area contributed by atoms with Crippen molar-refractivity contribution in [1.82, 2.24) is 29.7 Å². The van der Waals surface area contributed by atoms with E-state index >= 15 is 0 Å². The van der Waals surface area contributed by atoms with Crippen LogP contribution < -0.4 is 5.73 Å². The third kappa shape index (κ3) is 6.10. The zero-order valence-corrected chi connectivity index (χ0v) is 24.0. The fourth-order valence-corrected chi connectivity index (χ4v) is 5.93. The average molecular weight is 550 g/mol. The van der Waals surface area contributed by atoms with E-state index in [0.717, 1.165) is 97.0 Å². The number of ether oxygens (including phenoxy) is 1. The molecule has 2 aromatic carbocycles. The van der Waals surface area contributed by atoms with Gasteiger partial charge in [0, 0.05) is 86.3 Å². The summed E-state index contributed by atoms with van der Waals surface area (Å²) in [6.45, 7) is 8.28. The Morgan fingerprint density at radius 1 is 0.927 bits per heavy atom. The number of nitrogens with zero attached hydrogens (tertiary/aromatic N) is 5. The molecule has 0 amide bonds. The number of aromatic nitrogens is 4. The number of pyridine rings is 1. The number of hydrogen-bond acceptors (Lipinski definition) is 7. The van der Waals surface area contributed by atoms with Gasteiger partial charge in [0.25, 0.3) is 0 Å². The molecule has 1 saturated carbocycles. The maximum Gasteiger partial charge on any atom is 0.128 e. The maximum absolute atomic E-state index is 6.40. The lowest BCUT2D eigenvalue weighted by molar-refractivity contribution is 0.0402. The highest BCUT2D eigenvalue weighted by Gasteiger charge is 2.36. The molecule has 8 heteroatoms. The van der Waals surface area contributed by atoms with Gasteiger partial charge in [-0.3, -0.25) is 9.80 Å². The van der Waals surface area contributed by atoms with Gasteiger partial charge in [-0.25, -0.2) is 15.0 Å². The molecule has 3 N–H and O–H groups in total. The number of fused-ring (bicyclic) bond motifs is 1. The molecule has 4 aromatic rings. The van der Waals surface area contributed by atoms with Gasteiger partial charge in [-0.05, 0) is 31.9 Å². The Morgan fingerprint density at radius 2 is 1.68 bits per heavy atom. The van der Waals surface area contributed by atoms with Crippen molar-refractivity contribution in [3.63, 3.8) is 0 Å². The topological polar surface area (TPSA) is 96.2 Å². The number of piperazine rings is 1. The van der Waals surface area contributed by atoms with E-state index in [2.05, 4.69) is 62.2 Å². The standard InChI is InChI=1S/C33H39N7O/c1-23-31(26-9-8-25-10-11-29(37-30(25)22-26)24-6-4-3-5-7-24)38-33(36-13-12-35-32(23)34)27-20-28(21-27)40-16-14-39(15-17-40)18-19-41-2/h3-13,22,27-28H,14-21H2,1-2H3,(H2,34,35)(H,36,38). The highest BCUT2D eigenvalue weighted by molar-refractivity contribution is 5.86. The zero-order valence-electron chi connectivity index (χ0n) is 24.0. The van der Waals surface area contributed by atoms with Crippen molar-refractivity contribution in [3.8, 4) is 22.5 Å². The molecule has 2 fully saturated rings. The summed E-state index contributed by atoms with van der Waals surface area (Å²) in [6, 6.07) is 21.5. The normalized spacial score (nSPS) is 19.6. The van der Waals surface area contributed by atoms with Crippen LogP contribution in [0, 0.1) is 6.92 Å². The molecule has 0 spiro atoms. The van der Waals surface area contributed by atoms with Gasteiger partial charge >= 0.3 is 0 Å². The van der Waals surface area contributed by atoms with Gasteiger partial charge in [0.2, 0.25) is 0 Å². The lowest BCUT2D eigenvalue weighted by atomic mass is 9.78. The first-order chi connectivity index (χ1) is 20.1. The molecule has 0 radical (unpaired) electrons. The molecule has 41 heavy (non-hydrogen) atoms. The Kier molecular flexibility index (Phi) is 8.23. The first kappa shape index (κ1) is 27.3. The summed E-state index contributed by atoms with van der Waals surface area (Å²) in [7, 11) is 1.77. The summed E-state index contributed by atoms with van der Waals surface area (Å²) >= 11 is 0. The highest BCUT2D eigenvalue weighted by Crippen LogP contribution is 2.39. The molecule has 0 unspecified atom stereocenters. The van der Waals surface area contributed by atoms with E-state index in [1.165, 1.54) is 0 Å². The lowest BCUT2D eigenvalue weighted by Gasteiger charge is -2.46. The third-order valence-electron chi connectivity index (χ3n) is 8.59. The second-order valence-corrected chi connectivity index (χ2v) is 11.1. The number of nitrogens with one attached hydrogen (secondary N) is 1. The van der Waals surface area contributed by atoms with Crippen molar-refractivity contribution in [3.05, 3.63) is 84.4 Å². The number of hydrogen-bond donors (Lipinski definition) is 2. The number of methoxy groups -OCH3 is 1. The van der Waals surface area contributed by atoms with Crippen LogP contribution in [0.4, 0.5) is 5.82 Å². The second kappa shape index (κ2) is 12.3. The van der Waals surface area contributed by atoms with Crippen LogP contribution in [0.5, 0.6) is 0 Å². The van der Waals surface area contributed by atoms with Crippen LogP contribution in [-0.4, -0.2) is 82.2 Å². The van der Waals surface area contributed by atoms with E-state index in [1.54, 1.807) is 19.5 Å². The SMILES string of the molecule is COCCN1CCN(C2CC(c3nccnc(N)c(C)c(-c4ccc5ccc(-c6ccccc6)nc5c4)[nH]3)C2)CC1. The minimum absolute atomic E-state index is 0.363. The number of nitrogen functional groups attached to an aromatic ring is 1. The number of H-pyrrole nitrogens is 1. The molecule has 0 bridgehead atoms. The van der Waals surface area contributed by atoms with Crippen molar-refractivity contribution in [2.75, 3.05) is 52.2 Å². The molecular weight excluding hydrogens is 510 g/mol. The van der Waals surface area contributed by atoms with Crippen molar-refractivity contribution in [1.29, 1.82) is 0 Å². The second-order valence-electron chi connectivity index (χ2n) is 11.1. The molecule has 6 rings (SSSR count). The Morgan fingerprint density at radius 3 is 2.46 bits per heavy atom. The Bertz CT molecular complexity index is 1540. The fourth-order valence-electron chi connectivity index (χ4n) is 5.93. The first-order valence-corrected chi connectivity index (χ1v) is 14.6. The molecule has 2 aromatic heterocycles. The molecule has 8 nitrogen and oxygen atoms in total. The Balaban J connectivity index is 1.27. The molecule has 0 atom stereocenters. The van der Waals surface area contributed by atoms with E-state index in [4.69, 9.17) is 20.4 Å². The van der Waals surface area contributed by atoms with Crippen LogP contribution in [0.3, 0.4) is 0 Å². The summed E-state index contributed by atoms with van der Waals surface area (Å²) in [5.74, 6) is 1.81. The molecule has 1 saturated heterocycles. The smallest absolute Gasteiger partial charge is 0.128 e. The van der Waals surface area contributed by atoms with E-state index in [1.807, 2.05) is 25.1 Å². The molecule has 212 valence electrons. The van der Waals surface area contributed by atoms with Crippen molar-refractivity contribution < 1.29 is 4.74 Å². The van der Waals surface area contributed by atoms with E-state index in [-0.39, 0.29) is 0 Å². The molecular formula is C33H39N7O. The van der Waals surface area contributed by atoms with E-state index < -0.39 is 0 Å². The third-order valence-corrected chi connectivity index (χ3v) is 8.59. The number of anilines is 1. The largest absolute Gasteiger partial charge is 0.383 e. The van der Waals surface area contributed by atoms with Crippen molar-refractivity contribution in [2.45, 2.75) is 31.7 Å². The number of nitrogens with two attached hydrogens (primary N) is 1. The quantitative estimate of drug-likeness (QED) is 0.327. The van der Waals surface area contributed by atoms with Gasteiger partial charge in [0.05, 0.1) is 23.5 Å². The van der Waals surface area contributed by atoms with Gasteiger partial charge < -0.3 is 15.5 Å². The average Bonchev–Trinajstić information content (AvgIpc) is 3.06. The van der Waals surface area contributed by atoms with Crippen molar-refractivity contribution in [2.24, 2.45) is 0 Å². The summed E-state index contributed by atoms with van der Waals surface area (Å²) in [6.07, 6.45) is 5.63. The summed E-state index contributed by atoms with van der Waals surface area (Å²) < 4.78 is 5.26. The predicted molar refractivity (Wildman–Crippen MR) is 165 cm³/mol. The number of rotatable bonds is 7. The van der Waals surface area contributed by atoms with Gasteiger partial charge in [-0.2, -0.15) is 0 Å². The van der Waals surface area contributed by atoms with Crippen LogP contribution >= 0.6 is 0 Å². The molecule has 1 aliphatic heterocycles. The van der Waals surface area contributed by atoms with Crippen LogP contribution in [0.25, 0.3) is 33.4 Å². The van der Waals surface area contributed by atoms with Crippen molar-refractivity contribution >= 4 is 16.7 Å². The summed E-state index contributed by atoms with van der Waals surface area (Å²) in [5, 5.41) is 1.09. The van der Waals surface area contributed by atoms with Crippen LogP contribution in [-0.2, 0) is 4.74 Å². The molecule has 3 heterocycles. The molecule has 2 aliphatic rings. The van der Waals surface area contributed by atoms with Gasteiger partial charge in [0.15, 0.2) is 0 Å². The lowest BCUT2D eigenvalue weighted by Crippen LogP contribution is -2.54. The van der Waals surface area contributed by atoms with E-state index in [9.17, 15) is 0 Å². The zero-order chi connectivity index (χ0) is 28.2.